The average molecular weight is 214 g/mol. The first-order valence-corrected chi connectivity index (χ1v) is 5.77. The van der Waals surface area contributed by atoms with Crippen LogP contribution in [0.3, 0.4) is 0 Å². The molecule has 0 unspecified atom stereocenters. The molecule has 1 aliphatic carbocycles. The SMILES string of the molecule is O=C1NC(c2ccccc2)=NC12CCCC2. The molecule has 0 bridgehead atoms. The molecule has 0 saturated heterocycles. The van der Waals surface area contributed by atoms with E-state index in [0.717, 1.165) is 37.1 Å². The molecule has 3 rings (SSSR count). The maximum Gasteiger partial charge on any atom is 0.253 e. The Morgan fingerprint density at radius 2 is 1.81 bits per heavy atom. The van der Waals surface area contributed by atoms with E-state index in [1.54, 1.807) is 0 Å². The fourth-order valence-corrected chi connectivity index (χ4v) is 2.55. The van der Waals surface area contributed by atoms with Gasteiger partial charge in [-0.3, -0.25) is 9.79 Å². The van der Waals surface area contributed by atoms with Gasteiger partial charge in [0.1, 0.15) is 11.4 Å². The highest BCUT2D eigenvalue weighted by Gasteiger charge is 2.45. The lowest BCUT2D eigenvalue weighted by Gasteiger charge is -2.14. The van der Waals surface area contributed by atoms with E-state index in [-0.39, 0.29) is 5.91 Å². The van der Waals surface area contributed by atoms with Crippen LogP contribution in [0.15, 0.2) is 35.3 Å². The monoisotopic (exact) mass is 214 g/mol. The highest BCUT2D eigenvalue weighted by molar-refractivity contribution is 6.15. The first-order valence-electron chi connectivity index (χ1n) is 5.77. The zero-order valence-electron chi connectivity index (χ0n) is 9.07. The molecule has 0 atom stereocenters. The summed E-state index contributed by atoms with van der Waals surface area (Å²) in [4.78, 5) is 16.6. The van der Waals surface area contributed by atoms with Gasteiger partial charge in [0, 0.05) is 5.56 Å². The Morgan fingerprint density at radius 1 is 1.12 bits per heavy atom. The van der Waals surface area contributed by atoms with Gasteiger partial charge in [0.15, 0.2) is 0 Å². The molecule has 0 aromatic heterocycles. The zero-order valence-corrected chi connectivity index (χ0v) is 9.07. The number of aliphatic imine (C=N–C) groups is 1. The Balaban J connectivity index is 1.97. The minimum Gasteiger partial charge on any atom is -0.308 e. The van der Waals surface area contributed by atoms with Crippen LogP contribution in [0.1, 0.15) is 31.2 Å². The zero-order chi connectivity index (χ0) is 11.0. The molecule has 1 aliphatic heterocycles. The number of benzene rings is 1. The molecule has 3 nitrogen and oxygen atoms in total. The van der Waals surface area contributed by atoms with Crippen LogP contribution in [-0.2, 0) is 4.79 Å². The molecule has 1 fully saturated rings. The summed E-state index contributed by atoms with van der Waals surface area (Å²) in [6.45, 7) is 0. The van der Waals surface area contributed by atoms with Crippen LogP contribution in [0.25, 0.3) is 0 Å². The minimum absolute atomic E-state index is 0.0869. The first kappa shape index (κ1) is 9.58. The standard InChI is InChI=1S/C13H14N2O/c16-12-13(8-4-5-9-13)15-11(14-12)10-6-2-1-3-7-10/h1-3,6-7H,4-5,8-9H2,(H,14,15,16). The molecule has 3 heteroatoms. The molecule has 82 valence electrons. The Bertz CT molecular complexity index is 444. The molecule has 1 amide bonds. The maximum absolute atomic E-state index is 12.0. The normalized spacial score (nSPS) is 22.2. The van der Waals surface area contributed by atoms with E-state index < -0.39 is 5.54 Å². The first-order chi connectivity index (χ1) is 7.80. The highest BCUT2D eigenvalue weighted by Crippen LogP contribution is 2.36. The van der Waals surface area contributed by atoms with Crippen molar-refractivity contribution in [1.82, 2.24) is 5.32 Å². The van der Waals surface area contributed by atoms with Crippen LogP contribution in [-0.4, -0.2) is 17.3 Å². The van der Waals surface area contributed by atoms with Gasteiger partial charge in [0.05, 0.1) is 0 Å². The van der Waals surface area contributed by atoms with Crippen LogP contribution in [0, 0.1) is 0 Å². The number of rotatable bonds is 1. The van der Waals surface area contributed by atoms with Gasteiger partial charge in [-0.2, -0.15) is 0 Å². The lowest BCUT2D eigenvalue weighted by Crippen LogP contribution is -2.37. The van der Waals surface area contributed by atoms with Crippen LogP contribution in [0.2, 0.25) is 0 Å². The number of hydrogen-bond acceptors (Lipinski definition) is 2. The van der Waals surface area contributed by atoms with Crippen molar-refractivity contribution in [2.45, 2.75) is 31.2 Å². The van der Waals surface area contributed by atoms with Crippen molar-refractivity contribution in [2.24, 2.45) is 4.99 Å². The molecular formula is C13H14N2O. The molecule has 2 aliphatic rings. The Kier molecular flexibility index (Phi) is 2.06. The number of amides is 1. The molecule has 1 aromatic rings. The van der Waals surface area contributed by atoms with Gasteiger partial charge in [0.2, 0.25) is 0 Å². The van der Waals surface area contributed by atoms with E-state index in [9.17, 15) is 4.79 Å². The summed E-state index contributed by atoms with van der Waals surface area (Å²) in [6.07, 6.45) is 4.02. The fraction of sp³-hybridized carbons (Fsp3) is 0.385. The maximum atomic E-state index is 12.0. The lowest BCUT2D eigenvalue weighted by molar-refractivity contribution is -0.123. The van der Waals surface area contributed by atoms with E-state index >= 15 is 0 Å². The average Bonchev–Trinajstić information content (AvgIpc) is 2.91. The molecule has 1 spiro atoms. The number of carbonyl (C=O) groups is 1. The summed E-state index contributed by atoms with van der Waals surface area (Å²) < 4.78 is 0. The second-order valence-electron chi connectivity index (χ2n) is 4.52. The molecule has 1 saturated carbocycles. The summed E-state index contributed by atoms with van der Waals surface area (Å²) in [5, 5.41) is 2.91. The van der Waals surface area contributed by atoms with E-state index in [1.165, 1.54) is 0 Å². The Labute approximate surface area is 94.6 Å². The predicted octanol–water partition coefficient (Wildman–Crippen LogP) is 1.88. The van der Waals surface area contributed by atoms with Crippen LogP contribution < -0.4 is 5.32 Å². The third kappa shape index (κ3) is 1.35. The summed E-state index contributed by atoms with van der Waals surface area (Å²) in [7, 11) is 0. The van der Waals surface area contributed by atoms with Gasteiger partial charge in [-0.05, 0) is 12.8 Å². The van der Waals surface area contributed by atoms with Crippen LogP contribution in [0.5, 0.6) is 0 Å². The molecule has 1 heterocycles. The molecule has 1 N–H and O–H groups in total. The van der Waals surface area contributed by atoms with Gasteiger partial charge in [-0.25, -0.2) is 0 Å². The molecule has 1 aromatic carbocycles. The predicted molar refractivity (Wildman–Crippen MR) is 62.3 cm³/mol. The van der Waals surface area contributed by atoms with Crippen molar-refractivity contribution in [2.75, 3.05) is 0 Å². The summed E-state index contributed by atoms with van der Waals surface area (Å²) in [5.74, 6) is 0.830. The second-order valence-corrected chi connectivity index (χ2v) is 4.52. The van der Waals surface area contributed by atoms with E-state index in [1.807, 2.05) is 30.3 Å². The molecule has 16 heavy (non-hydrogen) atoms. The van der Waals surface area contributed by atoms with Gasteiger partial charge in [-0.15, -0.1) is 0 Å². The Morgan fingerprint density at radius 3 is 2.50 bits per heavy atom. The van der Waals surface area contributed by atoms with Crippen molar-refractivity contribution < 1.29 is 4.79 Å². The largest absolute Gasteiger partial charge is 0.308 e. The van der Waals surface area contributed by atoms with Gasteiger partial charge < -0.3 is 5.32 Å². The quantitative estimate of drug-likeness (QED) is 0.762. The van der Waals surface area contributed by atoms with E-state index in [4.69, 9.17) is 0 Å². The van der Waals surface area contributed by atoms with Crippen molar-refractivity contribution in [3.05, 3.63) is 35.9 Å². The Hall–Kier alpha value is -1.64. The van der Waals surface area contributed by atoms with Crippen LogP contribution in [0.4, 0.5) is 0 Å². The lowest BCUT2D eigenvalue weighted by atomic mass is 9.99. The van der Waals surface area contributed by atoms with Gasteiger partial charge in [-0.1, -0.05) is 43.2 Å². The number of carbonyl (C=O) groups excluding carboxylic acids is 1. The van der Waals surface area contributed by atoms with Crippen molar-refractivity contribution >= 4 is 11.7 Å². The third-order valence-corrected chi connectivity index (χ3v) is 3.46. The molecular weight excluding hydrogens is 200 g/mol. The van der Waals surface area contributed by atoms with Crippen molar-refractivity contribution in [1.29, 1.82) is 0 Å². The fourth-order valence-electron chi connectivity index (χ4n) is 2.55. The smallest absolute Gasteiger partial charge is 0.253 e. The summed E-state index contributed by atoms with van der Waals surface area (Å²) >= 11 is 0. The molecule has 0 radical (unpaired) electrons. The number of nitrogens with zero attached hydrogens (tertiary/aromatic N) is 1. The third-order valence-electron chi connectivity index (χ3n) is 3.46. The van der Waals surface area contributed by atoms with E-state index in [0.29, 0.717) is 0 Å². The van der Waals surface area contributed by atoms with Crippen LogP contribution >= 0.6 is 0 Å². The summed E-state index contributed by atoms with van der Waals surface area (Å²) in [5.41, 5.74) is 0.560. The van der Waals surface area contributed by atoms with Gasteiger partial charge >= 0.3 is 0 Å². The van der Waals surface area contributed by atoms with Gasteiger partial charge in [0.25, 0.3) is 5.91 Å². The topological polar surface area (TPSA) is 41.5 Å². The van der Waals surface area contributed by atoms with E-state index in [2.05, 4.69) is 10.3 Å². The second kappa shape index (κ2) is 3.44. The number of nitrogens with one attached hydrogen (secondary N) is 1. The minimum atomic E-state index is -0.439. The number of amidine groups is 1. The van der Waals surface area contributed by atoms with Crippen molar-refractivity contribution in [3.63, 3.8) is 0 Å². The highest BCUT2D eigenvalue weighted by atomic mass is 16.2. The van der Waals surface area contributed by atoms with Crippen molar-refractivity contribution in [3.8, 4) is 0 Å². The number of hydrogen-bond donors (Lipinski definition) is 1. The summed E-state index contributed by atoms with van der Waals surface area (Å²) in [6, 6.07) is 9.85.